The lowest BCUT2D eigenvalue weighted by Crippen LogP contribution is -2.25. The second-order valence-corrected chi connectivity index (χ2v) is 5.56. The normalized spacial score (nSPS) is 17.5. The number of aromatic hydroxyl groups is 1. The first-order valence-electron chi connectivity index (χ1n) is 7.44. The van der Waals surface area contributed by atoms with E-state index in [9.17, 15) is 14.3 Å². The predicted molar refractivity (Wildman–Crippen MR) is 81.4 cm³/mol. The first-order chi connectivity index (χ1) is 11.7. The molecule has 122 valence electrons. The Morgan fingerprint density at radius 1 is 1.33 bits per heavy atom. The van der Waals surface area contributed by atoms with Crippen molar-refractivity contribution in [1.29, 1.82) is 0 Å². The number of carbonyl (C=O) groups excluding carboxylic acids is 1. The van der Waals surface area contributed by atoms with Crippen LogP contribution in [0.2, 0.25) is 0 Å². The van der Waals surface area contributed by atoms with E-state index in [2.05, 4.69) is 20.1 Å². The summed E-state index contributed by atoms with van der Waals surface area (Å²) in [6, 6.07) is 0.998. The summed E-state index contributed by atoms with van der Waals surface area (Å²) in [5.74, 6) is -0.311. The molecule has 3 aromatic heterocycles. The SMILES string of the molecule is O=Cc1cnn2cnc(N3CCC[C@@H]3c3cc(F)cnc3O)nc12. The van der Waals surface area contributed by atoms with Crippen LogP contribution in [-0.2, 0) is 0 Å². The van der Waals surface area contributed by atoms with E-state index in [0.717, 1.165) is 12.6 Å². The van der Waals surface area contributed by atoms with Crippen molar-refractivity contribution in [3.8, 4) is 5.88 Å². The zero-order chi connectivity index (χ0) is 16.7. The smallest absolute Gasteiger partial charge is 0.229 e. The monoisotopic (exact) mass is 328 g/mol. The molecule has 1 aliphatic heterocycles. The maximum absolute atomic E-state index is 13.5. The van der Waals surface area contributed by atoms with E-state index < -0.39 is 5.82 Å². The number of fused-ring (bicyclic) bond motifs is 1. The maximum atomic E-state index is 13.5. The fourth-order valence-corrected chi connectivity index (χ4v) is 3.04. The molecule has 0 unspecified atom stereocenters. The van der Waals surface area contributed by atoms with Crippen LogP contribution in [0.3, 0.4) is 0 Å². The molecule has 1 atom stereocenters. The highest BCUT2D eigenvalue weighted by Crippen LogP contribution is 2.37. The van der Waals surface area contributed by atoms with Gasteiger partial charge in [-0.05, 0) is 18.9 Å². The Morgan fingerprint density at radius 2 is 2.21 bits per heavy atom. The average Bonchev–Trinajstić information content (AvgIpc) is 3.22. The van der Waals surface area contributed by atoms with Gasteiger partial charge in [-0.3, -0.25) is 4.79 Å². The molecule has 4 heterocycles. The number of carbonyl (C=O) groups is 1. The highest BCUT2D eigenvalue weighted by atomic mass is 19.1. The molecule has 8 nitrogen and oxygen atoms in total. The summed E-state index contributed by atoms with van der Waals surface area (Å²) in [4.78, 5) is 25.3. The summed E-state index contributed by atoms with van der Waals surface area (Å²) >= 11 is 0. The van der Waals surface area contributed by atoms with Crippen molar-refractivity contribution in [2.75, 3.05) is 11.4 Å². The van der Waals surface area contributed by atoms with Gasteiger partial charge in [0.15, 0.2) is 11.9 Å². The Bertz CT molecular complexity index is 927. The van der Waals surface area contributed by atoms with Gasteiger partial charge in [-0.25, -0.2) is 18.9 Å². The molecule has 0 aromatic carbocycles. The van der Waals surface area contributed by atoms with Crippen molar-refractivity contribution in [3.05, 3.63) is 41.7 Å². The Balaban J connectivity index is 1.77. The largest absolute Gasteiger partial charge is 0.493 e. The lowest BCUT2D eigenvalue weighted by Gasteiger charge is -2.25. The van der Waals surface area contributed by atoms with Gasteiger partial charge in [0.1, 0.15) is 12.1 Å². The number of aldehydes is 1. The molecule has 1 aliphatic rings. The number of anilines is 1. The van der Waals surface area contributed by atoms with E-state index >= 15 is 0 Å². The minimum atomic E-state index is -0.509. The van der Waals surface area contributed by atoms with Crippen molar-refractivity contribution in [1.82, 2.24) is 24.6 Å². The average molecular weight is 328 g/mol. The van der Waals surface area contributed by atoms with Gasteiger partial charge in [-0.1, -0.05) is 0 Å². The molecular weight excluding hydrogens is 315 g/mol. The molecule has 1 fully saturated rings. The number of pyridine rings is 1. The van der Waals surface area contributed by atoms with Gasteiger partial charge in [-0.2, -0.15) is 10.1 Å². The van der Waals surface area contributed by atoms with Gasteiger partial charge in [-0.15, -0.1) is 0 Å². The third kappa shape index (κ3) is 2.25. The molecule has 3 aromatic rings. The van der Waals surface area contributed by atoms with Gasteiger partial charge < -0.3 is 10.0 Å². The third-order valence-corrected chi connectivity index (χ3v) is 4.14. The van der Waals surface area contributed by atoms with Crippen molar-refractivity contribution in [3.63, 3.8) is 0 Å². The number of aromatic nitrogens is 5. The first-order valence-corrected chi connectivity index (χ1v) is 7.44. The van der Waals surface area contributed by atoms with Crippen LogP contribution in [-0.4, -0.2) is 42.5 Å². The summed E-state index contributed by atoms with van der Waals surface area (Å²) in [7, 11) is 0. The highest BCUT2D eigenvalue weighted by Gasteiger charge is 2.31. The summed E-state index contributed by atoms with van der Waals surface area (Å²) in [5, 5.41) is 14.0. The highest BCUT2D eigenvalue weighted by molar-refractivity contribution is 5.83. The number of nitrogens with zero attached hydrogens (tertiary/aromatic N) is 6. The van der Waals surface area contributed by atoms with E-state index in [0.29, 0.717) is 42.0 Å². The van der Waals surface area contributed by atoms with E-state index in [1.807, 2.05) is 4.90 Å². The second kappa shape index (κ2) is 5.52. The van der Waals surface area contributed by atoms with Crippen molar-refractivity contribution in [2.45, 2.75) is 18.9 Å². The Morgan fingerprint density at radius 3 is 3.04 bits per heavy atom. The standard InChI is InChI=1S/C15H13FN6O2/c16-10-4-11(14(24)17-6-10)12-2-1-3-21(12)15-18-8-22-13(20-15)9(7-23)5-19-22/h4-8,12H,1-3H2,(H,17,24)/t12-/m1/s1. The van der Waals surface area contributed by atoms with E-state index in [1.54, 1.807) is 0 Å². The van der Waals surface area contributed by atoms with Crippen LogP contribution in [0.1, 0.15) is 34.8 Å². The molecule has 0 radical (unpaired) electrons. The second-order valence-electron chi connectivity index (χ2n) is 5.56. The molecule has 0 spiro atoms. The van der Waals surface area contributed by atoms with Crippen LogP contribution in [0.15, 0.2) is 24.8 Å². The topological polar surface area (TPSA) is 96.5 Å². The van der Waals surface area contributed by atoms with Gasteiger partial charge >= 0.3 is 0 Å². The maximum Gasteiger partial charge on any atom is 0.229 e. The quantitative estimate of drug-likeness (QED) is 0.728. The van der Waals surface area contributed by atoms with E-state index in [-0.39, 0.29) is 11.9 Å². The first kappa shape index (κ1) is 14.5. The minimum absolute atomic E-state index is 0.202. The summed E-state index contributed by atoms with van der Waals surface area (Å²) in [6.45, 7) is 0.654. The fourth-order valence-electron chi connectivity index (χ4n) is 3.04. The van der Waals surface area contributed by atoms with E-state index in [4.69, 9.17) is 0 Å². The lowest BCUT2D eigenvalue weighted by atomic mass is 10.1. The molecule has 1 N–H and O–H groups in total. The van der Waals surface area contributed by atoms with Gasteiger partial charge in [0.05, 0.1) is 24.0 Å². The summed E-state index contributed by atoms with van der Waals surface area (Å²) in [5.41, 5.74) is 1.17. The molecule has 0 saturated carbocycles. The molecule has 9 heteroatoms. The van der Waals surface area contributed by atoms with Crippen LogP contribution < -0.4 is 4.90 Å². The van der Waals surface area contributed by atoms with Crippen LogP contribution in [0.4, 0.5) is 10.3 Å². The lowest BCUT2D eigenvalue weighted by molar-refractivity contribution is 0.112. The molecule has 1 saturated heterocycles. The minimum Gasteiger partial charge on any atom is -0.493 e. The molecule has 24 heavy (non-hydrogen) atoms. The van der Waals surface area contributed by atoms with Crippen LogP contribution in [0.25, 0.3) is 5.65 Å². The molecule has 4 rings (SSSR count). The third-order valence-electron chi connectivity index (χ3n) is 4.14. The Labute approximate surface area is 135 Å². The molecule has 0 bridgehead atoms. The van der Waals surface area contributed by atoms with Crippen LogP contribution in [0.5, 0.6) is 5.88 Å². The zero-order valence-electron chi connectivity index (χ0n) is 12.5. The zero-order valence-corrected chi connectivity index (χ0v) is 12.5. The predicted octanol–water partition coefficient (Wildman–Crippen LogP) is 1.52. The van der Waals surface area contributed by atoms with Crippen LogP contribution >= 0.6 is 0 Å². The number of hydrogen-bond acceptors (Lipinski definition) is 7. The fraction of sp³-hybridized carbons (Fsp3) is 0.267. The Hall–Kier alpha value is -3.10. The molecule has 0 amide bonds. The molecular formula is C15H13FN6O2. The number of hydrogen-bond donors (Lipinski definition) is 1. The van der Waals surface area contributed by atoms with Gasteiger partial charge in [0, 0.05) is 12.1 Å². The Kier molecular flexibility index (Phi) is 3.33. The van der Waals surface area contributed by atoms with Gasteiger partial charge in [0.2, 0.25) is 11.8 Å². The number of halogens is 1. The van der Waals surface area contributed by atoms with Crippen LogP contribution in [0, 0.1) is 5.82 Å². The van der Waals surface area contributed by atoms with Crippen molar-refractivity contribution < 1.29 is 14.3 Å². The molecule has 0 aliphatic carbocycles. The summed E-state index contributed by atoms with van der Waals surface area (Å²) in [6.07, 6.45) is 6.11. The number of rotatable bonds is 3. The van der Waals surface area contributed by atoms with E-state index in [1.165, 1.54) is 23.1 Å². The van der Waals surface area contributed by atoms with Crippen molar-refractivity contribution >= 4 is 17.9 Å². The van der Waals surface area contributed by atoms with Crippen molar-refractivity contribution in [2.24, 2.45) is 0 Å². The van der Waals surface area contributed by atoms with Gasteiger partial charge in [0.25, 0.3) is 0 Å². The summed E-state index contributed by atoms with van der Waals surface area (Å²) < 4.78 is 14.9.